The van der Waals surface area contributed by atoms with Gasteiger partial charge in [-0.25, -0.2) is 4.79 Å². The maximum atomic E-state index is 11.3. The van der Waals surface area contributed by atoms with Crippen LogP contribution in [-0.2, 0) is 6.54 Å². The summed E-state index contributed by atoms with van der Waals surface area (Å²) in [4.78, 5) is 23.2. The van der Waals surface area contributed by atoms with Crippen LogP contribution in [0.25, 0.3) is 0 Å². The van der Waals surface area contributed by atoms with Crippen molar-refractivity contribution in [1.82, 2.24) is 10.2 Å². The number of benzene rings is 1. The smallest absolute Gasteiger partial charge is 0.317 e. The molecular formula is C12H16N4O4. The van der Waals surface area contributed by atoms with Crippen molar-refractivity contribution in [3.63, 3.8) is 0 Å². The molecule has 0 bridgehead atoms. The van der Waals surface area contributed by atoms with Gasteiger partial charge in [0.05, 0.1) is 11.5 Å². The van der Waals surface area contributed by atoms with Gasteiger partial charge in [0.1, 0.15) is 12.4 Å². The van der Waals surface area contributed by atoms with Gasteiger partial charge in [0.25, 0.3) is 5.69 Å². The number of nitrogens with zero attached hydrogens (tertiary/aromatic N) is 2. The molecule has 1 aromatic carbocycles. The Hall–Kier alpha value is -2.35. The summed E-state index contributed by atoms with van der Waals surface area (Å²) in [6.07, 6.45) is 0. The summed E-state index contributed by atoms with van der Waals surface area (Å²) in [5.41, 5.74) is 6.12. The molecule has 0 unspecified atom stereocenters. The Kier molecular flexibility index (Phi) is 4.36. The minimum Gasteiger partial charge on any atom is -0.491 e. The predicted octanol–water partition coefficient (Wildman–Crippen LogP) is 0.457. The van der Waals surface area contributed by atoms with Crippen molar-refractivity contribution in [3.05, 3.63) is 33.9 Å². The van der Waals surface area contributed by atoms with Crippen LogP contribution in [0.2, 0.25) is 0 Å². The Morgan fingerprint density at radius 1 is 1.50 bits per heavy atom. The highest BCUT2D eigenvalue weighted by molar-refractivity contribution is 5.76. The van der Waals surface area contributed by atoms with Crippen molar-refractivity contribution in [2.45, 2.75) is 6.54 Å². The summed E-state index contributed by atoms with van der Waals surface area (Å²) >= 11 is 0. The molecule has 8 nitrogen and oxygen atoms in total. The van der Waals surface area contributed by atoms with Gasteiger partial charge in [-0.2, -0.15) is 0 Å². The van der Waals surface area contributed by atoms with Crippen LogP contribution in [0.15, 0.2) is 18.2 Å². The molecule has 0 atom stereocenters. The van der Waals surface area contributed by atoms with Gasteiger partial charge in [-0.1, -0.05) is 0 Å². The minimum absolute atomic E-state index is 0.0169. The molecule has 1 aliphatic heterocycles. The number of carbonyl (C=O) groups is 1. The van der Waals surface area contributed by atoms with Gasteiger partial charge in [-0.3, -0.25) is 10.1 Å². The molecule has 0 spiro atoms. The maximum absolute atomic E-state index is 11.3. The van der Waals surface area contributed by atoms with Crippen molar-refractivity contribution in [1.29, 1.82) is 0 Å². The number of nitrogens with two attached hydrogens (primary N) is 1. The number of non-ortho nitro benzene ring substituents is 1. The van der Waals surface area contributed by atoms with Crippen molar-refractivity contribution < 1.29 is 14.5 Å². The molecule has 8 heteroatoms. The molecule has 1 aromatic rings. The first kappa shape index (κ1) is 14.1. The lowest BCUT2D eigenvalue weighted by atomic mass is 10.2. The van der Waals surface area contributed by atoms with Crippen LogP contribution >= 0.6 is 0 Å². The first-order chi connectivity index (χ1) is 9.61. The molecule has 108 valence electrons. The number of amides is 2. The Morgan fingerprint density at radius 3 is 2.90 bits per heavy atom. The predicted molar refractivity (Wildman–Crippen MR) is 71.5 cm³/mol. The monoisotopic (exact) mass is 280 g/mol. The molecule has 20 heavy (non-hydrogen) atoms. The Bertz CT molecular complexity index is 520. The summed E-state index contributed by atoms with van der Waals surface area (Å²) in [6.45, 7) is 2.24. The van der Waals surface area contributed by atoms with Crippen molar-refractivity contribution in [3.8, 4) is 5.75 Å². The van der Waals surface area contributed by atoms with Crippen molar-refractivity contribution in [2.24, 2.45) is 5.73 Å². The number of hydrogen-bond donors (Lipinski definition) is 2. The van der Waals surface area contributed by atoms with E-state index >= 15 is 0 Å². The lowest BCUT2D eigenvalue weighted by Crippen LogP contribution is -2.31. The third kappa shape index (κ3) is 3.15. The standard InChI is InChI=1S/C12H16N4O4/c13-8-9-7-10(16(18)19)1-2-11(9)20-6-5-15-4-3-14-12(15)17/h1-2,7H,3-6,8,13H2,(H,14,17). The highest BCUT2D eigenvalue weighted by Crippen LogP contribution is 2.23. The number of nitro groups is 1. The molecule has 2 amide bonds. The number of hydrogen-bond acceptors (Lipinski definition) is 5. The number of carbonyl (C=O) groups excluding carboxylic acids is 1. The second kappa shape index (κ2) is 6.20. The average Bonchev–Trinajstić information content (AvgIpc) is 2.84. The first-order valence-electron chi connectivity index (χ1n) is 6.25. The lowest BCUT2D eigenvalue weighted by molar-refractivity contribution is -0.384. The normalized spacial score (nSPS) is 14.2. The number of urea groups is 1. The number of rotatable bonds is 6. The summed E-state index contributed by atoms with van der Waals surface area (Å²) in [6, 6.07) is 4.20. The van der Waals surface area contributed by atoms with E-state index in [1.807, 2.05) is 0 Å². The fourth-order valence-corrected chi connectivity index (χ4v) is 1.97. The fourth-order valence-electron chi connectivity index (χ4n) is 1.97. The summed E-state index contributed by atoms with van der Waals surface area (Å²) in [5, 5.41) is 13.4. The Morgan fingerprint density at radius 2 is 2.30 bits per heavy atom. The second-order valence-electron chi connectivity index (χ2n) is 4.32. The summed E-state index contributed by atoms with van der Waals surface area (Å²) < 4.78 is 5.55. The summed E-state index contributed by atoms with van der Waals surface area (Å²) in [5.74, 6) is 0.512. The number of nitrogens with one attached hydrogen (secondary N) is 1. The highest BCUT2D eigenvalue weighted by atomic mass is 16.6. The minimum atomic E-state index is -0.475. The first-order valence-corrected chi connectivity index (χ1v) is 6.25. The van der Waals surface area contributed by atoms with E-state index < -0.39 is 4.92 Å². The van der Waals surface area contributed by atoms with Crippen molar-refractivity contribution in [2.75, 3.05) is 26.2 Å². The van der Waals surface area contributed by atoms with Gasteiger partial charge < -0.3 is 20.7 Å². The van der Waals surface area contributed by atoms with Gasteiger partial charge in [-0.15, -0.1) is 0 Å². The van der Waals surface area contributed by atoms with E-state index in [1.54, 1.807) is 4.90 Å². The molecule has 0 aliphatic carbocycles. The second-order valence-corrected chi connectivity index (χ2v) is 4.32. The number of ether oxygens (including phenoxy) is 1. The molecular weight excluding hydrogens is 264 g/mol. The van der Waals surface area contributed by atoms with Crippen LogP contribution in [0.1, 0.15) is 5.56 Å². The van der Waals surface area contributed by atoms with E-state index in [-0.39, 0.29) is 18.3 Å². The molecule has 1 heterocycles. The maximum Gasteiger partial charge on any atom is 0.317 e. The van der Waals surface area contributed by atoms with Gasteiger partial charge in [-0.05, 0) is 6.07 Å². The third-order valence-electron chi connectivity index (χ3n) is 3.04. The summed E-state index contributed by atoms with van der Waals surface area (Å²) in [7, 11) is 0. The third-order valence-corrected chi connectivity index (χ3v) is 3.04. The highest BCUT2D eigenvalue weighted by Gasteiger charge is 2.19. The van der Waals surface area contributed by atoms with Crippen LogP contribution in [-0.4, -0.2) is 42.1 Å². The van der Waals surface area contributed by atoms with E-state index in [0.717, 1.165) is 0 Å². The topological polar surface area (TPSA) is 111 Å². The van der Waals surface area contributed by atoms with E-state index in [4.69, 9.17) is 10.5 Å². The van der Waals surface area contributed by atoms with Crippen molar-refractivity contribution >= 4 is 11.7 Å². The molecule has 0 aromatic heterocycles. The fraction of sp³-hybridized carbons (Fsp3) is 0.417. The molecule has 1 saturated heterocycles. The van der Waals surface area contributed by atoms with Crippen LogP contribution in [0.5, 0.6) is 5.75 Å². The SMILES string of the molecule is NCc1cc([N+](=O)[O-])ccc1OCCN1CCNC1=O. The zero-order chi connectivity index (χ0) is 14.5. The van der Waals surface area contributed by atoms with Gasteiger partial charge in [0.15, 0.2) is 0 Å². The molecule has 1 aliphatic rings. The van der Waals surface area contributed by atoms with Crippen LogP contribution in [0, 0.1) is 10.1 Å². The van der Waals surface area contributed by atoms with Crippen LogP contribution in [0.4, 0.5) is 10.5 Å². The van der Waals surface area contributed by atoms with E-state index in [9.17, 15) is 14.9 Å². The van der Waals surface area contributed by atoms with Gasteiger partial charge >= 0.3 is 6.03 Å². The largest absolute Gasteiger partial charge is 0.491 e. The molecule has 0 saturated carbocycles. The average molecular weight is 280 g/mol. The molecule has 2 rings (SSSR count). The van der Waals surface area contributed by atoms with Gasteiger partial charge in [0, 0.05) is 37.3 Å². The van der Waals surface area contributed by atoms with Crippen LogP contribution < -0.4 is 15.8 Å². The Balaban J connectivity index is 1.95. The van der Waals surface area contributed by atoms with E-state index in [1.165, 1.54) is 18.2 Å². The zero-order valence-electron chi connectivity index (χ0n) is 10.9. The number of nitro benzene ring substituents is 1. The van der Waals surface area contributed by atoms with Gasteiger partial charge in [0.2, 0.25) is 0 Å². The molecule has 1 fully saturated rings. The van der Waals surface area contributed by atoms with Crippen LogP contribution in [0.3, 0.4) is 0 Å². The van der Waals surface area contributed by atoms with E-state index in [0.29, 0.717) is 37.6 Å². The Labute approximate surface area is 115 Å². The zero-order valence-corrected chi connectivity index (χ0v) is 10.9. The quantitative estimate of drug-likeness (QED) is 0.581. The molecule has 3 N–H and O–H groups in total. The van der Waals surface area contributed by atoms with E-state index in [2.05, 4.69) is 5.32 Å². The molecule has 0 radical (unpaired) electrons. The lowest BCUT2D eigenvalue weighted by Gasteiger charge is -2.15.